The van der Waals surface area contributed by atoms with Gasteiger partial charge in [-0.2, -0.15) is 0 Å². The first kappa shape index (κ1) is 10.4. The predicted octanol–water partition coefficient (Wildman–Crippen LogP) is 2.81. The molecule has 0 bridgehead atoms. The molecule has 0 radical (unpaired) electrons. The SMILES string of the molecule is CCNCc1ncc(-c2ccoc2Br)o1. The van der Waals surface area contributed by atoms with Crippen molar-refractivity contribution in [2.75, 3.05) is 6.54 Å². The number of oxazole rings is 1. The number of furan rings is 1. The van der Waals surface area contributed by atoms with Crippen molar-refractivity contribution >= 4 is 15.9 Å². The standard InChI is InChI=1S/C10H11BrN2O2/c1-2-12-6-9-13-5-8(15-9)7-3-4-14-10(7)11/h3-5,12H,2,6H2,1H3. The van der Waals surface area contributed by atoms with Crippen molar-refractivity contribution in [2.45, 2.75) is 13.5 Å². The molecule has 2 heterocycles. The molecule has 0 unspecified atom stereocenters. The Hall–Kier alpha value is -1.07. The van der Waals surface area contributed by atoms with Crippen molar-refractivity contribution in [3.05, 3.63) is 29.1 Å². The van der Waals surface area contributed by atoms with Gasteiger partial charge in [0, 0.05) is 0 Å². The van der Waals surface area contributed by atoms with Crippen LogP contribution in [0.4, 0.5) is 0 Å². The summed E-state index contributed by atoms with van der Waals surface area (Å²) in [6, 6.07) is 1.83. The van der Waals surface area contributed by atoms with Crippen LogP contribution in [0.25, 0.3) is 11.3 Å². The molecule has 80 valence electrons. The second-order valence-corrected chi connectivity index (χ2v) is 3.73. The summed E-state index contributed by atoms with van der Waals surface area (Å²) < 4.78 is 11.3. The van der Waals surface area contributed by atoms with Crippen molar-refractivity contribution in [1.82, 2.24) is 10.3 Å². The lowest BCUT2D eigenvalue weighted by Crippen LogP contribution is -2.11. The lowest BCUT2D eigenvalue weighted by atomic mass is 10.3. The van der Waals surface area contributed by atoms with Gasteiger partial charge in [0.15, 0.2) is 10.4 Å². The van der Waals surface area contributed by atoms with Crippen LogP contribution in [-0.4, -0.2) is 11.5 Å². The first-order valence-corrected chi connectivity index (χ1v) is 5.49. The average molecular weight is 271 g/mol. The van der Waals surface area contributed by atoms with Crippen LogP contribution >= 0.6 is 15.9 Å². The fourth-order valence-electron chi connectivity index (χ4n) is 1.22. The highest BCUT2D eigenvalue weighted by atomic mass is 79.9. The third-order valence-electron chi connectivity index (χ3n) is 1.96. The molecule has 0 aromatic carbocycles. The van der Waals surface area contributed by atoms with E-state index in [1.165, 1.54) is 0 Å². The number of nitrogens with zero attached hydrogens (tertiary/aromatic N) is 1. The molecule has 15 heavy (non-hydrogen) atoms. The highest BCUT2D eigenvalue weighted by Crippen LogP contribution is 2.29. The van der Waals surface area contributed by atoms with Gasteiger partial charge >= 0.3 is 0 Å². The quantitative estimate of drug-likeness (QED) is 0.928. The third kappa shape index (κ3) is 2.30. The number of hydrogen-bond donors (Lipinski definition) is 1. The van der Waals surface area contributed by atoms with E-state index in [1.807, 2.05) is 13.0 Å². The number of rotatable bonds is 4. The highest BCUT2D eigenvalue weighted by molar-refractivity contribution is 9.10. The van der Waals surface area contributed by atoms with E-state index in [9.17, 15) is 0 Å². The van der Waals surface area contributed by atoms with Gasteiger partial charge in [-0.1, -0.05) is 6.92 Å². The van der Waals surface area contributed by atoms with Crippen LogP contribution in [0.2, 0.25) is 0 Å². The Bertz CT molecular complexity index is 436. The Morgan fingerprint density at radius 1 is 1.53 bits per heavy atom. The molecule has 0 spiro atoms. The summed E-state index contributed by atoms with van der Waals surface area (Å²) in [5.41, 5.74) is 0.880. The fourth-order valence-corrected chi connectivity index (χ4v) is 1.65. The second kappa shape index (κ2) is 4.63. The summed E-state index contributed by atoms with van der Waals surface area (Å²) in [4.78, 5) is 4.16. The summed E-state index contributed by atoms with van der Waals surface area (Å²) >= 11 is 3.29. The van der Waals surface area contributed by atoms with E-state index in [4.69, 9.17) is 8.83 Å². The predicted molar refractivity (Wildman–Crippen MR) is 59.3 cm³/mol. The van der Waals surface area contributed by atoms with Crippen LogP contribution in [0.15, 0.2) is 32.0 Å². The van der Waals surface area contributed by atoms with E-state index >= 15 is 0 Å². The Labute approximate surface area is 95.8 Å². The van der Waals surface area contributed by atoms with Crippen LogP contribution < -0.4 is 5.32 Å². The van der Waals surface area contributed by atoms with E-state index in [-0.39, 0.29) is 0 Å². The first-order valence-electron chi connectivity index (χ1n) is 4.70. The van der Waals surface area contributed by atoms with E-state index < -0.39 is 0 Å². The van der Waals surface area contributed by atoms with Gasteiger partial charge in [0.25, 0.3) is 0 Å². The first-order chi connectivity index (χ1) is 7.31. The van der Waals surface area contributed by atoms with E-state index in [0.717, 1.165) is 12.1 Å². The number of nitrogens with one attached hydrogen (secondary N) is 1. The highest BCUT2D eigenvalue weighted by Gasteiger charge is 2.11. The van der Waals surface area contributed by atoms with Gasteiger partial charge in [-0.15, -0.1) is 0 Å². The van der Waals surface area contributed by atoms with Crippen molar-refractivity contribution in [2.24, 2.45) is 0 Å². The molecule has 0 aliphatic carbocycles. The van der Waals surface area contributed by atoms with E-state index in [2.05, 4.69) is 26.2 Å². The molecule has 0 aliphatic heterocycles. The van der Waals surface area contributed by atoms with E-state index in [1.54, 1.807) is 12.5 Å². The van der Waals surface area contributed by atoms with Crippen molar-refractivity contribution in [1.29, 1.82) is 0 Å². The van der Waals surface area contributed by atoms with Gasteiger partial charge < -0.3 is 14.2 Å². The van der Waals surface area contributed by atoms with Gasteiger partial charge in [-0.3, -0.25) is 0 Å². The Balaban J connectivity index is 2.17. The van der Waals surface area contributed by atoms with Gasteiger partial charge in [0.1, 0.15) is 0 Å². The van der Waals surface area contributed by atoms with Crippen LogP contribution in [0, 0.1) is 0 Å². The van der Waals surface area contributed by atoms with E-state index in [0.29, 0.717) is 22.9 Å². The lowest BCUT2D eigenvalue weighted by molar-refractivity contribution is 0.480. The monoisotopic (exact) mass is 270 g/mol. The molecule has 5 heteroatoms. The minimum absolute atomic E-state index is 0.645. The fraction of sp³-hybridized carbons (Fsp3) is 0.300. The van der Waals surface area contributed by atoms with Crippen molar-refractivity contribution < 1.29 is 8.83 Å². The van der Waals surface area contributed by atoms with Crippen molar-refractivity contribution in [3.63, 3.8) is 0 Å². The molecule has 2 rings (SSSR count). The summed E-state index contributed by atoms with van der Waals surface area (Å²) in [6.45, 7) is 3.58. The Morgan fingerprint density at radius 2 is 2.40 bits per heavy atom. The zero-order valence-electron chi connectivity index (χ0n) is 8.29. The van der Waals surface area contributed by atoms with Gasteiger partial charge in [-0.05, 0) is 28.5 Å². The zero-order valence-corrected chi connectivity index (χ0v) is 9.87. The second-order valence-electron chi connectivity index (χ2n) is 3.01. The molecule has 4 nitrogen and oxygen atoms in total. The minimum Gasteiger partial charge on any atom is -0.457 e. The van der Waals surface area contributed by atoms with Gasteiger partial charge in [0.2, 0.25) is 5.89 Å². The largest absolute Gasteiger partial charge is 0.457 e. The maximum absolute atomic E-state index is 5.55. The number of hydrogen-bond acceptors (Lipinski definition) is 4. The molecular formula is C10H11BrN2O2. The molecule has 0 amide bonds. The minimum atomic E-state index is 0.645. The van der Waals surface area contributed by atoms with Crippen molar-refractivity contribution in [3.8, 4) is 11.3 Å². The maximum Gasteiger partial charge on any atom is 0.208 e. The zero-order chi connectivity index (χ0) is 10.7. The topological polar surface area (TPSA) is 51.2 Å². The van der Waals surface area contributed by atoms with Crippen LogP contribution in [0.5, 0.6) is 0 Å². The normalized spacial score (nSPS) is 10.8. The van der Waals surface area contributed by atoms with Gasteiger partial charge in [-0.25, -0.2) is 4.98 Å². The Morgan fingerprint density at radius 3 is 3.07 bits per heavy atom. The molecule has 0 fully saturated rings. The molecule has 0 saturated heterocycles. The van der Waals surface area contributed by atoms with Crippen LogP contribution in [-0.2, 0) is 6.54 Å². The van der Waals surface area contributed by atoms with Crippen LogP contribution in [0.3, 0.4) is 0 Å². The molecule has 1 N–H and O–H groups in total. The number of halogens is 1. The maximum atomic E-state index is 5.55. The van der Waals surface area contributed by atoms with Gasteiger partial charge in [0.05, 0.1) is 24.6 Å². The summed E-state index contributed by atoms with van der Waals surface area (Å²) in [5, 5.41) is 3.15. The Kier molecular flexibility index (Phi) is 3.23. The summed E-state index contributed by atoms with van der Waals surface area (Å²) in [6.07, 6.45) is 3.30. The van der Waals surface area contributed by atoms with Crippen LogP contribution in [0.1, 0.15) is 12.8 Å². The number of aromatic nitrogens is 1. The smallest absolute Gasteiger partial charge is 0.208 e. The molecule has 2 aromatic rings. The molecule has 0 atom stereocenters. The molecular weight excluding hydrogens is 260 g/mol. The summed E-state index contributed by atoms with van der Waals surface area (Å²) in [5.74, 6) is 1.39. The third-order valence-corrected chi connectivity index (χ3v) is 2.58. The molecule has 2 aromatic heterocycles. The summed E-state index contributed by atoms with van der Waals surface area (Å²) in [7, 11) is 0. The lowest BCUT2D eigenvalue weighted by Gasteiger charge is -1.95. The average Bonchev–Trinajstić information content (AvgIpc) is 2.83. The molecule has 0 aliphatic rings. The molecule has 0 saturated carbocycles.